The molecule has 3 amide bonds. The second kappa shape index (κ2) is 11.0. The van der Waals surface area contributed by atoms with E-state index in [1.165, 1.54) is 13.8 Å². The summed E-state index contributed by atoms with van der Waals surface area (Å²) in [5.74, 6) is -2.24. The number of nitrogens with one attached hydrogen (secondary N) is 2. The molecule has 27 heavy (non-hydrogen) atoms. The van der Waals surface area contributed by atoms with Crippen molar-refractivity contribution < 1.29 is 34.1 Å². The molecule has 4 N–H and O–H groups in total. The summed E-state index contributed by atoms with van der Waals surface area (Å²) in [6.45, 7) is 4.40. The molecular formula is C17H29N3O7. The molecule has 154 valence electrons. The fourth-order valence-electron chi connectivity index (χ4n) is 2.31. The third-order valence-corrected chi connectivity index (χ3v) is 4.27. The second-order valence-corrected chi connectivity index (χ2v) is 7.06. The van der Waals surface area contributed by atoms with Gasteiger partial charge in [-0.15, -0.1) is 0 Å². The molecule has 0 bridgehead atoms. The molecular weight excluding hydrogens is 358 g/mol. The quantitative estimate of drug-likeness (QED) is 0.233. The van der Waals surface area contributed by atoms with E-state index in [2.05, 4.69) is 10.6 Å². The van der Waals surface area contributed by atoms with E-state index in [9.17, 15) is 24.3 Å². The second-order valence-electron chi connectivity index (χ2n) is 7.06. The summed E-state index contributed by atoms with van der Waals surface area (Å²) in [5, 5.41) is 23.8. The molecule has 1 aliphatic heterocycles. The van der Waals surface area contributed by atoms with Gasteiger partial charge in [0, 0.05) is 38.0 Å². The van der Waals surface area contributed by atoms with Crippen molar-refractivity contribution in [1.29, 1.82) is 0 Å². The molecule has 0 aromatic rings. The Bertz CT molecular complexity index is 551. The van der Waals surface area contributed by atoms with Gasteiger partial charge in [0.2, 0.25) is 17.6 Å². The molecule has 0 radical (unpaired) electrons. The van der Waals surface area contributed by atoms with Gasteiger partial charge in [0.05, 0.1) is 13.2 Å². The highest BCUT2D eigenvalue weighted by Gasteiger charge is 2.32. The average Bonchev–Trinajstić information content (AvgIpc) is 2.65. The zero-order valence-corrected chi connectivity index (χ0v) is 15.8. The Morgan fingerprint density at radius 2 is 1.96 bits per heavy atom. The van der Waals surface area contributed by atoms with E-state index in [0.717, 1.165) is 0 Å². The summed E-state index contributed by atoms with van der Waals surface area (Å²) < 4.78 is 5.02. The minimum Gasteiger partial charge on any atom is -0.396 e. The van der Waals surface area contributed by atoms with E-state index in [1.807, 2.05) is 0 Å². The standard InChI is InChI=1S/C17H29N3O7/c1-17(2,11-21)14(24)16(26)19-6-4-12(22)15(25)18-5-3-7-20-8-9-27-10-13(20)23/h14,21,24H,3-11H2,1-2H3,(H,18,25)(H,19,26). The number of ether oxygens (including phenoxy) is 1. The van der Waals surface area contributed by atoms with Gasteiger partial charge >= 0.3 is 0 Å². The van der Waals surface area contributed by atoms with Crippen molar-refractivity contribution in [2.24, 2.45) is 5.41 Å². The molecule has 1 unspecified atom stereocenters. The minimum atomic E-state index is -1.42. The Balaban J connectivity index is 2.20. The number of ketones is 1. The van der Waals surface area contributed by atoms with Crippen molar-refractivity contribution in [3.63, 3.8) is 0 Å². The summed E-state index contributed by atoms with van der Waals surface area (Å²) in [7, 11) is 0. The first kappa shape index (κ1) is 23.0. The number of aliphatic hydroxyl groups is 2. The highest BCUT2D eigenvalue weighted by Crippen LogP contribution is 2.19. The lowest BCUT2D eigenvalue weighted by molar-refractivity contribution is -0.142. The number of hydrogen-bond acceptors (Lipinski definition) is 7. The number of rotatable bonds is 11. The van der Waals surface area contributed by atoms with Crippen LogP contribution in [0.15, 0.2) is 0 Å². The maximum absolute atomic E-state index is 11.8. The average molecular weight is 387 g/mol. The SMILES string of the molecule is CC(C)(CO)C(O)C(=O)NCCC(=O)C(=O)NCCCN1CCOCC1=O. The van der Waals surface area contributed by atoms with Gasteiger partial charge < -0.3 is 30.5 Å². The molecule has 1 aliphatic rings. The molecule has 0 saturated carbocycles. The third kappa shape index (κ3) is 7.61. The highest BCUT2D eigenvalue weighted by molar-refractivity contribution is 6.36. The van der Waals surface area contributed by atoms with Crippen LogP contribution in [0, 0.1) is 5.41 Å². The first-order valence-corrected chi connectivity index (χ1v) is 8.92. The van der Waals surface area contributed by atoms with Crippen LogP contribution in [-0.2, 0) is 23.9 Å². The largest absolute Gasteiger partial charge is 0.396 e. The zero-order valence-electron chi connectivity index (χ0n) is 15.8. The van der Waals surface area contributed by atoms with Crippen LogP contribution in [-0.4, -0.2) is 90.7 Å². The van der Waals surface area contributed by atoms with Crippen molar-refractivity contribution in [3.05, 3.63) is 0 Å². The lowest BCUT2D eigenvalue weighted by Gasteiger charge is -2.27. The van der Waals surface area contributed by atoms with Crippen LogP contribution in [0.2, 0.25) is 0 Å². The van der Waals surface area contributed by atoms with Gasteiger partial charge in [0.25, 0.3) is 5.91 Å². The predicted octanol–water partition coefficient (Wildman–Crippen LogP) is -2.19. The summed E-state index contributed by atoms with van der Waals surface area (Å²) in [6, 6.07) is 0. The Kier molecular flexibility index (Phi) is 9.33. The molecule has 0 aliphatic carbocycles. The first-order chi connectivity index (χ1) is 12.7. The number of amides is 3. The van der Waals surface area contributed by atoms with E-state index >= 15 is 0 Å². The van der Waals surface area contributed by atoms with Gasteiger partial charge in [-0.2, -0.15) is 0 Å². The lowest BCUT2D eigenvalue weighted by atomic mass is 9.87. The lowest BCUT2D eigenvalue weighted by Crippen LogP contribution is -2.46. The molecule has 10 nitrogen and oxygen atoms in total. The Morgan fingerprint density at radius 3 is 2.59 bits per heavy atom. The number of hydrogen-bond donors (Lipinski definition) is 4. The van der Waals surface area contributed by atoms with Gasteiger partial charge in [0.1, 0.15) is 12.7 Å². The number of carbonyl (C=O) groups is 4. The van der Waals surface area contributed by atoms with E-state index in [0.29, 0.717) is 26.1 Å². The van der Waals surface area contributed by atoms with Crippen molar-refractivity contribution in [1.82, 2.24) is 15.5 Å². The van der Waals surface area contributed by atoms with Gasteiger partial charge in [-0.3, -0.25) is 19.2 Å². The number of Topliss-reactive ketones (excluding diaryl/α,β-unsaturated/α-hetero) is 1. The molecule has 1 rings (SSSR count). The number of nitrogens with zero attached hydrogens (tertiary/aromatic N) is 1. The van der Waals surface area contributed by atoms with Crippen LogP contribution >= 0.6 is 0 Å². The van der Waals surface area contributed by atoms with E-state index in [-0.39, 0.29) is 38.6 Å². The van der Waals surface area contributed by atoms with Gasteiger partial charge in [-0.05, 0) is 6.42 Å². The third-order valence-electron chi connectivity index (χ3n) is 4.27. The Labute approximate surface area is 158 Å². The number of morpholine rings is 1. The highest BCUT2D eigenvalue weighted by atomic mass is 16.5. The topological polar surface area (TPSA) is 145 Å². The van der Waals surface area contributed by atoms with Crippen molar-refractivity contribution >= 4 is 23.5 Å². The summed E-state index contributed by atoms with van der Waals surface area (Å²) >= 11 is 0. The maximum atomic E-state index is 11.8. The molecule has 0 aromatic heterocycles. The number of aliphatic hydroxyl groups excluding tert-OH is 2. The van der Waals surface area contributed by atoms with Crippen LogP contribution < -0.4 is 10.6 Å². The van der Waals surface area contributed by atoms with Gasteiger partial charge in [0.15, 0.2) is 0 Å². The molecule has 1 fully saturated rings. The number of carbonyl (C=O) groups excluding carboxylic acids is 4. The summed E-state index contributed by atoms with van der Waals surface area (Å²) in [4.78, 5) is 48.4. The summed E-state index contributed by atoms with van der Waals surface area (Å²) in [5.41, 5.74) is -1.01. The molecule has 1 saturated heterocycles. The van der Waals surface area contributed by atoms with Gasteiger partial charge in [-0.1, -0.05) is 13.8 Å². The van der Waals surface area contributed by atoms with Crippen molar-refractivity contribution in [2.75, 3.05) is 46.0 Å². The normalized spacial score (nSPS) is 16.0. The monoisotopic (exact) mass is 387 g/mol. The Hall–Kier alpha value is -2.04. The fraction of sp³-hybridized carbons (Fsp3) is 0.765. The van der Waals surface area contributed by atoms with Crippen LogP contribution in [0.5, 0.6) is 0 Å². The van der Waals surface area contributed by atoms with Crippen molar-refractivity contribution in [3.8, 4) is 0 Å². The molecule has 0 spiro atoms. The van der Waals surface area contributed by atoms with Crippen LogP contribution in [0.3, 0.4) is 0 Å². The van der Waals surface area contributed by atoms with Crippen LogP contribution in [0.25, 0.3) is 0 Å². The van der Waals surface area contributed by atoms with Crippen LogP contribution in [0.1, 0.15) is 26.7 Å². The Morgan fingerprint density at radius 1 is 1.26 bits per heavy atom. The van der Waals surface area contributed by atoms with Crippen molar-refractivity contribution in [2.45, 2.75) is 32.8 Å². The van der Waals surface area contributed by atoms with E-state index in [4.69, 9.17) is 9.84 Å². The van der Waals surface area contributed by atoms with Gasteiger partial charge in [-0.25, -0.2) is 0 Å². The van der Waals surface area contributed by atoms with E-state index in [1.54, 1.807) is 4.90 Å². The minimum absolute atomic E-state index is 0.0702. The first-order valence-electron chi connectivity index (χ1n) is 8.92. The molecule has 1 heterocycles. The zero-order chi connectivity index (χ0) is 20.4. The molecule has 1 atom stereocenters. The maximum Gasteiger partial charge on any atom is 0.287 e. The summed E-state index contributed by atoms with van der Waals surface area (Å²) in [6.07, 6.45) is -1.11. The smallest absolute Gasteiger partial charge is 0.287 e. The molecule has 10 heteroatoms. The molecule has 0 aromatic carbocycles. The predicted molar refractivity (Wildman–Crippen MR) is 94.5 cm³/mol. The van der Waals surface area contributed by atoms with Crippen LogP contribution in [0.4, 0.5) is 0 Å². The van der Waals surface area contributed by atoms with E-state index < -0.39 is 29.1 Å². The fourth-order valence-corrected chi connectivity index (χ4v) is 2.31.